The van der Waals surface area contributed by atoms with Gasteiger partial charge < -0.3 is 8.23 Å². The monoisotopic (exact) mass is 376 g/mol. The minimum atomic E-state index is -2.04. The van der Waals surface area contributed by atoms with Gasteiger partial charge in [-0.25, -0.2) is 0 Å². The van der Waals surface area contributed by atoms with Gasteiger partial charge in [0, 0.05) is 0 Å². The molecule has 0 aromatic rings. The maximum absolute atomic E-state index is 6.57. The SMILES string of the molecule is C[Si](C)(C)O[Si](C)(Cl)CCC[Si](C)(Cl)O[Si](C)(C)C. The number of hydrogen-bond acceptors (Lipinski definition) is 2. The first-order valence-corrected chi connectivity index (χ1v) is 21.0. The first-order chi connectivity index (χ1) is 8.12. The summed E-state index contributed by atoms with van der Waals surface area (Å²) in [6.07, 6.45) is 1.02. The van der Waals surface area contributed by atoms with Gasteiger partial charge in [-0.3, -0.25) is 0 Å². The summed E-state index contributed by atoms with van der Waals surface area (Å²) in [5.41, 5.74) is 0. The Morgan fingerprint density at radius 2 is 0.895 bits per heavy atom. The molecule has 2 nitrogen and oxygen atoms in total. The second-order valence-corrected chi connectivity index (χ2v) is 27.8. The summed E-state index contributed by atoms with van der Waals surface area (Å²) < 4.78 is 12.2. The Bertz CT molecular complexity index is 257. The summed E-state index contributed by atoms with van der Waals surface area (Å²) in [5, 5.41) is 0. The lowest BCUT2D eigenvalue weighted by atomic mass is 10.6. The molecule has 0 aliphatic carbocycles. The van der Waals surface area contributed by atoms with Crippen molar-refractivity contribution in [3.63, 3.8) is 0 Å². The predicted molar refractivity (Wildman–Crippen MR) is 98.0 cm³/mol. The van der Waals surface area contributed by atoms with Crippen LogP contribution in [0.1, 0.15) is 6.42 Å². The van der Waals surface area contributed by atoms with E-state index >= 15 is 0 Å². The highest BCUT2D eigenvalue weighted by Crippen LogP contribution is 2.29. The van der Waals surface area contributed by atoms with Crippen LogP contribution in [0.5, 0.6) is 0 Å². The molecular formula is C11H30Cl2O2Si4. The highest BCUT2D eigenvalue weighted by molar-refractivity contribution is 7.19. The third-order valence-corrected chi connectivity index (χ3v) is 15.6. The van der Waals surface area contributed by atoms with Gasteiger partial charge in [0.05, 0.1) is 0 Å². The largest absolute Gasteiger partial charge is 0.445 e. The van der Waals surface area contributed by atoms with Gasteiger partial charge in [-0.1, -0.05) is 6.42 Å². The van der Waals surface area contributed by atoms with Gasteiger partial charge in [0.2, 0.25) is 0 Å². The van der Waals surface area contributed by atoms with Crippen LogP contribution in [0.3, 0.4) is 0 Å². The maximum atomic E-state index is 6.57. The fourth-order valence-corrected chi connectivity index (χ4v) is 20.1. The van der Waals surface area contributed by atoms with Crippen LogP contribution in [-0.2, 0) is 8.23 Å². The summed E-state index contributed by atoms with van der Waals surface area (Å²) in [4.78, 5) is 0. The minimum absolute atomic E-state index is 0.962. The smallest absolute Gasteiger partial charge is 0.277 e. The Labute approximate surface area is 133 Å². The van der Waals surface area contributed by atoms with Crippen molar-refractivity contribution in [2.45, 2.75) is 70.9 Å². The standard InChI is InChI=1S/C11H30Cl2O2Si4/c1-16(2,3)14-18(7,12)10-9-11-19(8,13)15-17(4,5)6/h9-11H2,1-8H3. The van der Waals surface area contributed by atoms with Gasteiger partial charge >= 0.3 is 0 Å². The van der Waals surface area contributed by atoms with E-state index in [1.54, 1.807) is 0 Å². The molecule has 0 bridgehead atoms. The molecule has 0 aliphatic rings. The molecule has 0 N–H and O–H groups in total. The van der Waals surface area contributed by atoms with Crippen molar-refractivity contribution in [3.8, 4) is 0 Å². The zero-order chi connectivity index (χ0) is 15.5. The molecule has 0 spiro atoms. The molecule has 0 radical (unpaired) electrons. The second-order valence-electron chi connectivity index (χ2n) is 7.49. The van der Waals surface area contributed by atoms with Gasteiger partial charge in [0.25, 0.3) is 15.3 Å². The van der Waals surface area contributed by atoms with E-state index in [1.165, 1.54) is 0 Å². The van der Waals surface area contributed by atoms with Crippen molar-refractivity contribution in [3.05, 3.63) is 0 Å². The molecule has 0 saturated heterocycles. The first kappa shape index (κ1) is 20.4. The zero-order valence-corrected chi connectivity index (χ0v) is 19.2. The highest BCUT2D eigenvalue weighted by atomic mass is 35.6. The van der Waals surface area contributed by atoms with Crippen molar-refractivity contribution >= 4 is 54.0 Å². The Morgan fingerprint density at radius 1 is 0.632 bits per heavy atom. The van der Waals surface area contributed by atoms with Gasteiger partial charge in [-0.15, -0.1) is 22.2 Å². The van der Waals surface area contributed by atoms with Crippen molar-refractivity contribution in [1.29, 1.82) is 0 Å². The van der Waals surface area contributed by atoms with E-state index in [0.717, 1.165) is 18.5 Å². The molecule has 0 aliphatic heterocycles. The minimum Gasteiger partial charge on any atom is -0.445 e. The van der Waals surface area contributed by atoms with Crippen molar-refractivity contribution in [2.24, 2.45) is 0 Å². The fraction of sp³-hybridized carbons (Fsp3) is 1.00. The third-order valence-electron chi connectivity index (χ3n) is 2.28. The van der Waals surface area contributed by atoms with Crippen LogP contribution in [0.25, 0.3) is 0 Å². The normalized spacial score (nSPS) is 19.9. The van der Waals surface area contributed by atoms with Crippen molar-refractivity contribution < 1.29 is 8.23 Å². The van der Waals surface area contributed by atoms with Crippen LogP contribution in [0, 0.1) is 0 Å². The quantitative estimate of drug-likeness (QED) is 0.399. The maximum Gasteiger partial charge on any atom is 0.277 e. The average molecular weight is 378 g/mol. The molecule has 19 heavy (non-hydrogen) atoms. The molecular weight excluding hydrogens is 347 g/mol. The van der Waals surface area contributed by atoms with Crippen molar-refractivity contribution in [1.82, 2.24) is 0 Å². The van der Waals surface area contributed by atoms with Gasteiger partial charge in [-0.05, 0) is 64.5 Å². The summed E-state index contributed by atoms with van der Waals surface area (Å²) in [6.45, 7) is 17.3. The number of hydrogen-bond donors (Lipinski definition) is 0. The average Bonchev–Trinajstić information content (AvgIpc) is 1.90. The highest BCUT2D eigenvalue weighted by Gasteiger charge is 2.36. The van der Waals surface area contributed by atoms with Crippen molar-refractivity contribution in [2.75, 3.05) is 0 Å². The van der Waals surface area contributed by atoms with Gasteiger partial charge in [0.1, 0.15) is 0 Å². The Balaban J connectivity index is 4.21. The summed E-state index contributed by atoms with van der Waals surface area (Å²) >= 11 is 13.1. The predicted octanol–water partition coefficient (Wildman–Crippen LogP) is 5.70. The van der Waals surface area contributed by atoms with Gasteiger partial charge in [-0.2, -0.15) is 0 Å². The first-order valence-electron chi connectivity index (χ1n) is 6.90. The molecule has 0 rings (SSSR count). The molecule has 116 valence electrons. The molecule has 0 amide bonds. The van der Waals surface area contributed by atoms with E-state index in [-0.39, 0.29) is 0 Å². The molecule has 2 atom stereocenters. The van der Waals surface area contributed by atoms with Crippen LogP contribution in [0.15, 0.2) is 0 Å². The second kappa shape index (κ2) is 7.09. The molecule has 0 aromatic carbocycles. The lowest BCUT2D eigenvalue weighted by Crippen LogP contribution is -2.42. The van der Waals surface area contributed by atoms with E-state index in [0.29, 0.717) is 0 Å². The van der Waals surface area contributed by atoms with Gasteiger partial charge in [0.15, 0.2) is 16.6 Å². The molecule has 8 heteroatoms. The molecule has 0 aromatic heterocycles. The topological polar surface area (TPSA) is 18.5 Å². The molecule has 0 saturated carbocycles. The molecule has 0 heterocycles. The van der Waals surface area contributed by atoms with Crippen LogP contribution in [0.4, 0.5) is 0 Å². The zero-order valence-electron chi connectivity index (χ0n) is 13.7. The van der Waals surface area contributed by atoms with Crippen LogP contribution < -0.4 is 0 Å². The number of rotatable bonds is 8. The van der Waals surface area contributed by atoms with Crippen LogP contribution in [-0.4, -0.2) is 31.9 Å². The Morgan fingerprint density at radius 3 is 1.11 bits per heavy atom. The van der Waals surface area contributed by atoms with E-state index in [4.69, 9.17) is 30.4 Å². The fourth-order valence-electron chi connectivity index (χ4n) is 2.10. The van der Waals surface area contributed by atoms with E-state index < -0.39 is 31.9 Å². The summed E-state index contributed by atoms with van der Waals surface area (Å²) in [5.74, 6) is 0. The van der Waals surface area contributed by atoms with E-state index in [9.17, 15) is 0 Å². The summed E-state index contributed by atoms with van der Waals surface area (Å²) in [7, 11) is -7.17. The third kappa shape index (κ3) is 12.8. The Kier molecular flexibility index (Phi) is 7.60. The lowest BCUT2D eigenvalue weighted by molar-refractivity contribution is 0.551. The Hall–Kier alpha value is 1.37. The summed E-state index contributed by atoms with van der Waals surface area (Å²) in [6, 6.07) is 1.92. The van der Waals surface area contributed by atoms with Crippen LogP contribution in [0.2, 0.25) is 64.5 Å². The van der Waals surface area contributed by atoms with E-state index in [2.05, 4.69) is 52.4 Å². The molecule has 0 fully saturated rings. The number of halogens is 2. The molecule has 2 unspecified atom stereocenters. The lowest BCUT2D eigenvalue weighted by Gasteiger charge is -2.31. The van der Waals surface area contributed by atoms with E-state index in [1.807, 2.05) is 0 Å². The van der Waals surface area contributed by atoms with Crippen LogP contribution >= 0.6 is 22.2 Å².